The molecular weight excluding hydrogens is 1180 g/mol. The monoisotopic (exact) mass is 1210 g/mol. The lowest BCUT2D eigenvalue weighted by Gasteiger charge is -2.14. The minimum Gasteiger partial charge on any atom is -0.493 e. The third-order valence-corrected chi connectivity index (χ3v) is 16.8. The quantitative estimate of drug-likeness (QED) is 0.0912. The van der Waals surface area contributed by atoms with Crippen LogP contribution >= 0.6 is 69.6 Å². The van der Waals surface area contributed by atoms with E-state index >= 15 is 0 Å². The lowest BCUT2D eigenvalue weighted by atomic mass is 10.2. The van der Waals surface area contributed by atoms with Crippen molar-refractivity contribution in [3.8, 4) is 29.1 Å². The number of anilines is 3. The molecule has 0 amide bonds. The van der Waals surface area contributed by atoms with Crippen molar-refractivity contribution in [1.29, 1.82) is 0 Å². The van der Waals surface area contributed by atoms with Gasteiger partial charge in [0.1, 0.15) is 25.7 Å². The number of benzene rings is 4. The Balaban J connectivity index is 0.000000167. The number of ether oxygens (including phenoxy) is 5. The van der Waals surface area contributed by atoms with Crippen molar-refractivity contribution < 1.29 is 48.9 Å². The Kier molecular flexibility index (Phi) is 18.0. The molecule has 0 aliphatic heterocycles. The topological polar surface area (TPSA) is 288 Å². The second-order valence-electron chi connectivity index (χ2n) is 14.6. The average molecular weight is 1210 g/mol. The Hall–Kier alpha value is -6.81. The van der Waals surface area contributed by atoms with Gasteiger partial charge in [-0.15, -0.1) is 0 Å². The van der Waals surface area contributed by atoms with E-state index < -0.39 is 30.1 Å². The van der Waals surface area contributed by atoms with Crippen molar-refractivity contribution in [3.63, 3.8) is 0 Å². The molecule has 3 N–H and O–H groups in total. The second kappa shape index (κ2) is 24.0. The first kappa shape index (κ1) is 56.9. The van der Waals surface area contributed by atoms with E-state index in [1.165, 1.54) is 96.3 Å². The summed E-state index contributed by atoms with van der Waals surface area (Å²) >= 11 is 35.7. The van der Waals surface area contributed by atoms with Gasteiger partial charge in [-0.05, 0) is 60.7 Å². The molecule has 0 aliphatic carbocycles. The number of pyridine rings is 2. The summed E-state index contributed by atoms with van der Waals surface area (Å²) in [6.45, 7) is 0. The van der Waals surface area contributed by atoms with Gasteiger partial charge in [-0.25, -0.2) is 60.1 Å². The van der Waals surface area contributed by atoms with Crippen LogP contribution in [0.25, 0.3) is 33.4 Å². The molecule has 0 saturated heterocycles. The fourth-order valence-electron chi connectivity index (χ4n) is 6.37. The molecule has 0 bridgehead atoms. The molecule has 0 radical (unpaired) electrons. The number of rotatable bonds is 14. The minimum absolute atomic E-state index is 0.0112. The molecule has 5 aromatic heterocycles. The smallest absolute Gasteiger partial charge is 0.264 e. The highest BCUT2D eigenvalue weighted by Gasteiger charge is 2.26. The largest absolute Gasteiger partial charge is 0.493 e. The van der Waals surface area contributed by atoms with E-state index in [0.29, 0.717) is 39.2 Å². The fourth-order valence-corrected chi connectivity index (χ4v) is 11.7. The van der Waals surface area contributed by atoms with Crippen LogP contribution in [-0.4, -0.2) is 101 Å². The summed E-state index contributed by atoms with van der Waals surface area (Å²) in [6.07, 6.45) is 3.07. The third kappa shape index (κ3) is 12.7. The van der Waals surface area contributed by atoms with Crippen LogP contribution in [0, 0.1) is 0 Å². The molecule has 396 valence electrons. The number of sulfonamides is 3. The average Bonchev–Trinajstić information content (AvgIpc) is 3.40. The highest BCUT2D eigenvalue weighted by atomic mass is 35.5. The highest BCUT2D eigenvalue weighted by Crippen LogP contribution is 2.37. The Morgan fingerprint density at radius 2 is 0.711 bits per heavy atom. The zero-order valence-electron chi connectivity index (χ0n) is 39.4. The normalized spacial score (nSPS) is 11.4. The van der Waals surface area contributed by atoms with Crippen LogP contribution in [0.3, 0.4) is 0 Å². The van der Waals surface area contributed by atoms with Gasteiger partial charge in [-0.2, -0.15) is 4.98 Å². The summed E-state index contributed by atoms with van der Waals surface area (Å²) in [5, 5.41) is 0.0883. The van der Waals surface area contributed by atoms with Crippen LogP contribution in [0.5, 0.6) is 29.1 Å². The standard InChI is InChI=1S/C17H15Cl2N3O5S.2C14H10Cl2N4O3S/c1-25-12-7-10-11(8-13(12)26-2)21-17(27-3)16(20-10)22-28(23,24)14-6-4-5-9(18)15(14)19;1-23-14-13(19-12-9(18-14)5-3-7-17-12)20-24(21,22)10-6-2-4-8(15)11(10)16;1-23-14-13(18-9-5-3-7-17-12(9)19-14)20-24(21,22)10-6-2-4-8(15)11(10)16/h4-8H,1-3H3,(H,20,22);2-7H,1H3,(H,17,19,20);2-7H,1H3,(H,18,20). The molecule has 0 spiro atoms. The molecule has 0 unspecified atom stereocenters. The maximum atomic E-state index is 12.8. The van der Waals surface area contributed by atoms with E-state index in [9.17, 15) is 25.3 Å². The van der Waals surface area contributed by atoms with E-state index in [0.717, 1.165) is 0 Å². The summed E-state index contributed by atoms with van der Waals surface area (Å²) in [7, 11) is -5.16. The number of hydrogen-bond donors (Lipinski definition) is 3. The predicted octanol–water partition coefficient (Wildman–Crippen LogP) is 10.0. The number of nitrogens with one attached hydrogen (secondary N) is 3. The van der Waals surface area contributed by atoms with Gasteiger partial charge in [-0.1, -0.05) is 87.8 Å². The molecular formula is C45H35Cl6N11O11S3. The van der Waals surface area contributed by atoms with E-state index in [4.69, 9.17) is 93.3 Å². The van der Waals surface area contributed by atoms with E-state index in [1.807, 2.05) is 0 Å². The molecule has 0 fully saturated rings. The Bertz CT molecular complexity index is 3860. The summed E-state index contributed by atoms with van der Waals surface area (Å²) < 4.78 is 109. The van der Waals surface area contributed by atoms with Crippen LogP contribution in [0.15, 0.2) is 118 Å². The van der Waals surface area contributed by atoms with Crippen LogP contribution in [-0.2, 0) is 30.1 Å². The molecule has 31 heteroatoms. The molecule has 4 aromatic carbocycles. The van der Waals surface area contributed by atoms with Crippen molar-refractivity contribution in [3.05, 3.63) is 134 Å². The summed E-state index contributed by atoms with van der Waals surface area (Å²) in [6, 6.07) is 22.8. The van der Waals surface area contributed by atoms with Crippen molar-refractivity contribution in [1.82, 2.24) is 39.9 Å². The van der Waals surface area contributed by atoms with Crippen LogP contribution in [0.4, 0.5) is 17.5 Å². The first-order valence-corrected chi connectivity index (χ1v) is 27.6. The van der Waals surface area contributed by atoms with Gasteiger partial charge >= 0.3 is 0 Å². The number of methoxy groups -OCH3 is 5. The van der Waals surface area contributed by atoms with Crippen molar-refractivity contribution in [2.45, 2.75) is 14.7 Å². The molecule has 0 aliphatic rings. The Morgan fingerprint density at radius 3 is 1.11 bits per heavy atom. The number of halogens is 6. The summed E-state index contributed by atoms with van der Waals surface area (Å²) in [5.41, 5.74) is 2.28. The minimum atomic E-state index is -4.10. The Morgan fingerprint density at radius 1 is 0.382 bits per heavy atom. The lowest BCUT2D eigenvalue weighted by Crippen LogP contribution is -2.16. The van der Waals surface area contributed by atoms with Gasteiger partial charge < -0.3 is 23.7 Å². The third-order valence-electron chi connectivity index (χ3n) is 9.84. The van der Waals surface area contributed by atoms with Crippen molar-refractivity contribution in [2.24, 2.45) is 0 Å². The van der Waals surface area contributed by atoms with Crippen LogP contribution in [0.2, 0.25) is 30.1 Å². The number of aromatic nitrogens is 8. The predicted molar refractivity (Wildman–Crippen MR) is 289 cm³/mol. The SMILES string of the molecule is COc1cc2nc(NS(=O)(=O)c3cccc(Cl)c3Cl)c(OC)nc2cc1OC.COc1nc2cccnc2nc1NS(=O)(=O)c1cccc(Cl)c1Cl.COc1nc2ncccc2nc1NS(=O)(=O)c1cccc(Cl)c1Cl. The molecule has 5 heterocycles. The first-order chi connectivity index (χ1) is 36.1. The fraction of sp³-hybridized carbons (Fsp3) is 0.111. The highest BCUT2D eigenvalue weighted by molar-refractivity contribution is 7.93. The molecule has 76 heavy (non-hydrogen) atoms. The number of hydrogen-bond acceptors (Lipinski definition) is 19. The number of nitrogens with zero attached hydrogens (tertiary/aromatic N) is 8. The zero-order chi connectivity index (χ0) is 55.1. The zero-order valence-corrected chi connectivity index (χ0v) is 46.4. The Labute approximate surface area is 463 Å². The maximum Gasteiger partial charge on any atom is 0.264 e. The first-order valence-electron chi connectivity index (χ1n) is 20.9. The van der Waals surface area contributed by atoms with E-state index in [1.54, 1.807) is 42.6 Å². The van der Waals surface area contributed by atoms with E-state index in [2.05, 4.69) is 54.0 Å². The summed E-state index contributed by atoms with van der Waals surface area (Å²) in [5.74, 6) is 0.556. The van der Waals surface area contributed by atoms with Gasteiger partial charge in [-0.3, -0.25) is 14.2 Å². The molecule has 0 atom stereocenters. The molecule has 9 aromatic rings. The maximum absolute atomic E-state index is 12.8. The number of fused-ring (bicyclic) bond motifs is 3. The van der Waals surface area contributed by atoms with Crippen LogP contribution in [0.1, 0.15) is 0 Å². The van der Waals surface area contributed by atoms with Crippen molar-refractivity contribution >= 4 is 150 Å². The van der Waals surface area contributed by atoms with Crippen LogP contribution < -0.4 is 37.9 Å². The molecule has 22 nitrogen and oxygen atoms in total. The van der Waals surface area contributed by atoms with Crippen molar-refractivity contribution in [2.75, 3.05) is 49.7 Å². The van der Waals surface area contributed by atoms with Gasteiger partial charge in [0.05, 0.1) is 76.7 Å². The molecule has 0 saturated carbocycles. The van der Waals surface area contributed by atoms with Gasteiger partial charge in [0, 0.05) is 24.5 Å². The molecule has 9 rings (SSSR count). The second-order valence-corrected chi connectivity index (χ2v) is 21.9. The van der Waals surface area contributed by atoms with Gasteiger partial charge in [0.15, 0.2) is 22.8 Å². The summed E-state index contributed by atoms with van der Waals surface area (Å²) in [4.78, 5) is 32.8. The van der Waals surface area contributed by atoms with E-state index in [-0.39, 0.29) is 85.6 Å². The van der Waals surface area contributed by atoms with Gasteiger partial charge in [0.25, 0.3) is 47.7 Å². The van der Waals surface area contributed by atoms with Gasteiger partial charge in [0.2, 0.25) is 17.5 Å². The lowest BCUT2D eigenvalue weighted by molar-refractivity contribution is 0.355.